The first kappa shape index (κ1) is 20.1. The third-order valence-corrected chi connectivity index (χ3v) is 5.65. The number of para-hydroxylation sites is 4. The number of carbonyl (C=O) groups excluding carboxylic acids is 1. The fourth-order valence-corrected chi connectivity index (χ4v) is 3.89. The average molecular weight is 409 g/mol. The first-order valence-electron chi connectivity index (χ1n) is 10.5. The second-order valence-electron chi connectivity index (χ2n) is 7.53. The summed E-state index contributed by atoms with van der Waals surface area (Å²) >= 11 is 0. The molecule has 1 amide bonds. The summed E-state index contributed by atoms with van der Waals surface area (Å²) in [5, 5.41) is 3.08. The SMILES string of the molecule is CCC(CC)NC(=O)C1CN(CCn2c(=O)oc3ccccc32)c2ccccc2O1. The van der Waals surface area contributed by atoms with Crippen LogP contribution in [0.3, 0.4) is 0 Å². The summed E-state index contributed by atoms with van der Waals surface area (Å²) in [5.41, 5.74) is 2.27. The third kappa shape index (κ3) is 3.92. The number of carbonyl (C=O) groups is 1. The van der Waals surface area contributed by atoms with Gasteiger partial charge in [-0.2, -0.15) is 0 Å². The van der Waals surface area contributed by atoms with E-state index in [4.69, 9.17) is 9.15 Å². The highest BCUT2D eigenvalue weighted by atomic mass is 16.5. The largest absolute Gasteiger partial charge is 0.477 e. The minimum atomic E-state index is -0.599. The van der Waals surface area contributed by atoms with Crippen LogP contribution in [-0.2, 0) is 11.3 Å². The molecular weight excluding hydrogens is 382 g/mol. The Labute approximate surface area is 175 Å². The molecule has 2 aromatic carbocycles. The van der Waals surface area contributed by atoms with Gasteiger partial charge in [0.15, 0.2) is 11.7 Å². The first-order chi connectivity index (χ1) is 14.6. The molecule has 30 heavy (non-hydrogen) atoms. The third-order valence-electron chi connectivity index (χ3n) is 5.65. The Bertz CT molecular complexity index is 1080. The first-order valence-corrected chi connectivity index (χ1v) is 10.5. The highest BCUT2D eigenvalue weighted by molar-refractivity contribution is 5.83. The van der Waals surface area contributed by atoms with Gasteiger partial charge >= 0.3 is 5.76 Å². The maximum absolute atomic E-state index is 12.8. The lowest BCUT2D eigenvalue weighted by Crippen LogP contribution is -2.51. The monoisotopic (exact) mass is 409 g/mol. The van der Waals surface area contributed by atoms with Crippen LogP contribution in [0.5, 0.6) is 5.75 Å². The molecule has 1 atom stereocenters. The number of oxazole rings is 1. The fraction of sp³-hybridized carbons (Fsp3) is 0.391. The van der Waals surface area contributed by atoms with Crippen LogP contribution in [-0.4, -0.2) is 35.7 Å². The summed E-state index contributed by atoms with van der Waals surface area (Å²) < 4.78 is 13.0. The Hall–Kier alpha value is -3.22. The van der Waals surface area contributed by atoms with Crippen LogP contribution in [0.15, 0.2) is 57.7 Å². The van der Waals surface area contributed by atoms with Crippen molar-refractivity contribution in [2.75, 3.05) is 18.0 Å². The number of hydrogen-bond donors (Lipinski definition) is 1. The van der Waals surface area contributed by atoms with Gasteiger partial charge in [0.25, 0.3) is 5.91 Å². The van der Waals surface area contributed by atoms with Gasteiger partial charge in [0.2, 0.25) is 0 Å². The molecule has 0 saturated heterocycles. The van der Waals surface area contributed by atoms with Crippen LogP contribution >= 0.6 is 0 Å². The fourth-order valence-electron chi connectivity index (χ4n) is 3.89. The Balaban J connectivity index is 1.55. The molecule has 1 aliphatic rings. The quantitative estimate of drug-likeness (QED) is 0.649. The lowest BCUT2D eigenvalue weighted by molar-refractivity contribution is -0.128. The normalized spacial score (nSPS) is 15.8. The van der Waals surface area contributed by atoms with Gasteiger partial charge in [-0.15, -0.1) is 0 Å². The van der Waals surface area contributed by atoms with Crippen molar-refractivity contribution in [2.45, 2.75) is 45.4 Å². The van der Waals surface area contributed by atoms with E-state index < -0.39 is 6.10 Å². The zero-order valence-electron chi connectivity index (χ0n) is 17.3. The van der Waals surface area contributed by atoms with Crippen LogP contribution in [0.1, 0.15) is 26.7 Å². The number of benzene rings is 2. The van der Waals surface area contributed by atoms with Gasteiger partial charge in [0, 0.05) is 19.1 Å². The zero-order chi connectivity index (χ0) is 21.1. The van der Waals surface area contributed by atoms with Crippen molar-refractivity contribution in [3.05, 3.63) is 59.1 Å². The molecule has 7 nitrogen and oxygen atoms in total. The van der Waals surface area contributed by atoms with E-state index in [0.29, 0.717) is 31.0 Å². The van der Waals surface area contributed by atoms with E-state index in [1.807, 2.05) is 42.5 Å². The van der Waals surface area contributed by atoms with Crippen LogP contribution in [0.4, 0.5) is 5.69 Å². The van der Waals surface area contributed by atoms with Gasteiger partial charge < -0.3 is 19.4 Å². The predicted octanol–water partition coefficient (Wildman–Crippen LogP) is 3.17. The van der Waals surface area contributed by atoms with E-state index in [1.165, 1.54) is 0 Å². The average Bonchev–Trinajstić information content (AvgIpc) is 3.10. The molecule has 1 N–H and O–H groups in total. The minimum Gasteiger partial charge on any atom is -0.477 e. The van der Waals surface area contributed by atoms with E-state index in [9.17, 15) is 9.59 Å². The number of rotatable bonds is 7. The van der Waals surface area contributed by atoms with Crippen molar-refractivity contribution >= 4 is 22.7 Å². The molecule has 0 aliphatic carbocycles. The molecular formula is C23H27N3O4. The van der Waals surface area contributed by atoms with Crippen LogP contribution in [0.25, 0.3) is 11.1 Å². The second-order valence-corrected chi connectivity index (χ2v) is 7.53. The highest BCUT2D eigenvalue weighted by Gasteiger charge is 2.31. The molecule has 0 radical (unpaired) electrons. The van der Waals surface area contributed by atoms with Crippen molar-refractivity contribution in [3.63, 3.8) is 0 Å². The number of fused-ring (bicyclic) bond motifs is 2. The summed E-state index contributed by atoms with van der Waals surface area (Å²) in [4.78, 5) is 27.2. The van der Waals surface area contributed by atoms with Gasteiger partial charge in [-0.25, -0.2) is 4.79 Å². The van der Waals surface area contributed by atoms with Crippen molar-refractivity contribution in [3.8, 4) is 5.75 Å². The summed E-state index contributed by atoms with van der Waals surface area (Å²) in [7, 11) is 0. The van der Waals surface area contributed by atoms with Crippen molar-refractivity contribution in [1.29, 1.82) is 0 Å². The maximum Gasteiger partial charge on any atom is 0.420 e. The van der Waals surface area contributed by atoms with E-state index in [2.05, 4.69) is 24.1 Å². The second kappa shape index (κ2) is 8.65. The number of nitrogens with zero attached hydrogens (tertiary/aromatic N) is 2. The van der Waals surface area contributed by atoms with Crippen molar-refractivity contribution < 1.29 is 13.9 Å². The van der Waals surface area contributed by atoms with Crippen LogP contribution < -0.4 is 20.7 Å². The number of nitrogens with one attached hydrogen (secondary N) is 1. The molecule has 158 valence electrons. The Morgan fingerprint density at radius 1 is 1.10 bits per heavy atom. The van der Waals surface area contributed by atoms with Crippen molar-refractivity contribution in [1.82, 2.24) is 9.88 Å². The van der Waals surface area contributed by atoms with Gasteiger partial charge in [-0.05, 0) is 37.1 Å². The molecule has 0 spiro atoms. The molecule has 7 heteroatoms. The summed E-state index contributed by atoms with van der Waals surface area (Å²) in [5.74, 6) is 0.202. The summed E-state index contributed by atoms with van der Waals surface area (Å²) in [6, 6.07) is 15.2. The zero-order valence-corrected chi connectivity index (χ0v) is 17.3. The number of aromatic nitrogens is 1. The topological polar surface area (TPSA) is 76.7 Å². The molecule has 3 aromatic rings. The standard InChI is InChI=1S/C23H27N3O4/c1-3-16(4-2)24-22(27)21-15-25(17-9-5-7-11-19(17)29-21)13-14-26-18-10-6-8-12-20(18)30-23(26)28/h5-12,16,21H,3-4,13-15H2,1-2H3,(H,24,27). The highest BCUT2D eigenvalue weighted by Crippen LogP contribution is 2.33. The number of ether oxygens (including phenoxy) is 1. The van der Waals surface area contributed by atoms with E-state index in [-0.39, 0.29) is 17.7 Å². The van der Waals surface area contributed by atoms with Crippen molar-refractivity contribution in [2.24, 2.45) is 0 Å². The van der Waals surface area contributed by atoms with Crippen LogP contribution in [0, 0.1) is 0 Å². The van der Waals surface area contributed by atoms with Gasteiger partial charge in [-0.1, -0.05) is 38.1 Å². The van der Waals surface area contributed by atoms with E-state index in [1.54, 1.807) is 10.6 Å². The molecule has 0 fully saturated rings. The smallest absolute Gasteiger partial charge is 0.420 e. The van der Waals surface area contributed by atoms with Gasteiger partial charge in [0.1, 0.15) is 5.75 Å². The predicted molar refractivity (Wildman–Crippen MR) is 116 cm³/mol. The number of amides is 1. The Morgan fingerprint density at radius 2 is 1.83 bits per heavy atom. The van der Waals surface area contributed by atoms with Crippen LogP contribution in [0.2, 0.25) is 0 Å². The lowest BCUT2D eigenvalue weighted by atomic mass is 10.1. The Kier molecular flexibility index (Phi) is 5.79. The molecule has 1 aliphatic heterocycles. The Morgan fingerprint density at radius 3 is 2.63 bits per heavy atom. The summed E-state index contributed by atoms with van der Waals surface area (Å²) in [6.07, 6.45) is 1.16. The number of hydrogen-bond acceptors (Lipinski definition) is 5. The van der Waals surface area contributed by atoms with E-state index >= 15 is 0 Å². The van der Waals surface area contributed by atoms with Gasteiger partial charge in [0.05, 0.1) is 17.7 Å². The lowest BCUT2D eigenvalue weighted by Gasteiger charge is -2.36. The van der Waals surface area contributed by atoms with Gasteiger partial charge in [-0.3, -0.25) is 9.36 Å². The molecule has 1 aromatic heterocycles. The number of anilines is 1. The molecule has 2 heterocycles. The minimum absolute atomic E-state index is 0.103. The maximum atomic E-state index is 12.8. The molecule has 4 rings (SSSR count). The molecule has 0 saturated carbocycles. The molecule has 0 bridgehead atoms. The molecule has 1 unspecified atom stereocenters. The van der Waals surface area contributed by atoms with E-state index in [0.717, 1.165) is 24.0 Å². The summed E-state index contributed by atoms with van der Waals surface area (Å²) in [6.45, 7) is 5.55.